The van der Waals surface area contributed by atoms with Gasteiger partial charge in [0.05, 0.1) is 42.0 Å². The molecule has 9 nitrogen and oxygen atoms in total. The molecule has 0 saturated carbocycles. The summed E-state index contributed by atoms with van der Waals surface area (Å²) in [4.78, 5) is 29.1. The number of methoxy groups -OCH3 is 1. The maximum atomic E-state index is 13.3. The molecule has 0 aliphatic heterocycles. The minimum atomic E-state index is -0.540. The van der Waals surface area contributed by atoms with Crippen molar-refractivity contribution >= 4 is 29.3 Å². The van der Waals surface area contributed by atoms with Crippen molar-refractivity contribution in [3.8, 4) is 17.1 Å². The Balaban J connectivity index is 0.00000222. The number of carbonyl (C=O) groups excluding carboxylic acids is 1. The molecule has 3 aromatic rings. The second-order valence-corrected chi connectivity index (χ2v) is 6.73. The number of halogens is 1. The lowest BCUT2D eigenvalue weighted by molar-refractivity contribution is 0.0963. The summed E-state index contributed by atoms with van der Waals surface area (Å²) in [6.45, 7) is 9.47. The van der Waals surface area contributed by atoms with Gasteiger partial charge in [0.1, 0.15) is 11.6 Å². The van der Waals surface area contributed by atoms with Crippen LogP contribution in [0.4, 0.5) is 21.6 Å². The molecule has 0 saturated heterocycles. The standard InChI is InChI=1S/C24H24FN7O2.C2H6/c1-5-8-20(27-6-2)32-21-11-19(17(14-28-21)24(33)26-3)31-18-10-7-9-16(22(18)34-4)23-29-12-15(25)13-30-23;1-2/h5-14H,1H2,2-4H3,(H,26,33)(H2,28,31,32);1-2H3/b20-8+,27-6-;. The average molecular weight is 492 g/mol. The van der Waals surface area contributed by atoms with Crippen molar-refractivity contribution in [1.29, 1.82) is 0 Å². The molecule has 188 valence electrons. The Kier molecular flexibility index (Phi) is 10.7. The molecule has 2 aromatic heterocycles. The first-order valence-electron chi connectivity index (χ1n) is 11.2. The minimum Gasteiger partial charge on any atom is -0.494 e. The number of pyridine rings is 1. The summed E-state index contributed by atoms with van der Waals surface area (Å²) in [5.41, 5.74) is 1.87. The van der Waals surface area contributed by atoms with Gasteiger partial charge >= 0.3 is 0 Å². The molecule has 1 aromatic carbocycles. The van der Waals surface area contributed by atoms with E-state index in [1.807, 2.05) is 13.8 Å². The highest BCUT2D eigenvalue weighted by Crippen LogP contribution is 2.37. The summed E-state index contributed by atoms with van der Waals surface area (Å²) >= 11 is 0. The summed E-state index contributed by atoms with van der Waals surface area (Å²) in [5, 5.41) is 8.92. The molecule has 1 amide bonds. The predicted octanol–water partition coefficient (Wildman–Crippen LogP) is 5.35. The third-order valence-electron chi connectivity index (χ3n) is 4.53. The van der Waals surface area contributed by atoms with Crippen LogP contribution in [0, 0.1) is 5.82 Å². The molecule has 36 heavy (non-hydrogen) atoms. The van der Waals surface area contributed by atoms with Crippen LogP contribution in [0.1, 0.15) is 31.1 Å². The van der Waals surface area contributed by atoms with Crippen molar-refractivity contribution in [2.75, 3.05) is 24.8 Å². The van der Waals surface area contributed by atoms with Gasteiger partial charge in [-0.25, -0.2) is 24.3 Å². The molecule has 0 aliphatic rings. The largest absolute Gasteiger partial charge is 0.494 e. The zero-order valence-electron chi connectivity index (χ0n) is 21.0. The zero-order valence-corrected chi connectivity index (χ0v) is 21.0. The third kappa shape index (κ3) is 6.95. The lowest BCUT2D eigenvalue weighted by atomic mass is 10.1. The van der Waals surface area contributed by atoms with Crippen LogP contribution in [-0.2, 0) is 0 Å². The van der Waals surface area contributed by atoms with Gasteiger partial charge in [-0.1, -0.05) is 32.6 Å². The summed E-state index contributed by atoms with van der Waals surface area (Å²) in [5.74, 6) is 0.823. The van der Waals surface area contributed by atoms with Gasteiger partial charge in [0.15, 0.2) is 17.4 Å². The van der Waals surface area contributed by atoms with Crippen molar-refractivity contribution < 1.29 is 13.9 Å². The topological polar surface area (TPSA) is 113 Å². The molecule has 3 N–H and O–H groups in total. The van der Waals surface area contributed by atoms with E-state index in [1.54, 1.807) is 49.6 Å². The minimum absolute atomic E-state index is 0.294. The molecule has 0 bridgehead atoms. The van der Waals surface area contributed by atoms with Crippen LogP contribution < -0.4 is 20.7 Å². The summed E-state index contributed by atoms with van der Waals surface area (Å²) in [6.07, 6.45) is 8.54. The van der Waals surface area contributed by atoms with E-state index in [1.165, 1.54) is 20.4 Å². The fraction of sp³-hybridized carbons (Fsp3) is 0.192. The van der Waals surface area contributed by atoms with Gasteiger partial charge < -0.3 is 20.7 Å². The van der Waals surface area contributed by atoms with E-state index in [2.05, 4.69) is 42.5 Å². The molecule has 0 unspecified atom stereocenters. The van der Waals surface area contributed by atoms with E-state index in [-0.39, 0.29) is 5.91 Å². The Morgan fingerprint density at radius 3 is 2.47 bits per heavy atom. The SMILES string of the molecule is C=C/C=C(\N=C/C)Nc1cc(Nc2cccc(-c3ncc(F)cn3)c2OC)c(C(=O)NC)cn1.CC. The molecule has 10 heteroatoms. The van der Waals surface area contributed by atoms with Crippen LogP contribution in [0.3, 0.4) is 0 Å². The number of allylic oxidation sites excluding steroid dienone is 2. The van der Waals surface area contributed by atoms with Crippen molar-refractivity contribution in [1.82, 2.24) is 20.3 Å². The van der Waals surface area contributed by atoms with E-state index in [9.17, 15) is 9.18 Å². The van der Waals surface area contributed by atoms with E-state index in [0.717, 1.165) is 12.4 Å². The van der Waals surface area contributed by atoms with E-state index in [0.29, 0.717) is 45.7 Å². The van der Waals surface area contributed by atoms with Crippen LogP contribution in [0.25, 0.3) is 11.4 Å². The number of nitrogens with one attached hydrogen (secondary N) is 3. The molecule has 0 fully saturated rings. The van der Waals surface area contributed by atoms with Gasteiger partial charge in [-0.2, -0.15) is 0 Å². The third-order valence-corrected chi connectivity index (χ3v) is 4.53. The van der Waals surface area contributed by atoms with Crippen LogP contribution >= 0.6 is 0 Å². The van der Waals surface area contributed by atoms with Gasteiger partial charge in [-0.05, 0) is 25.1 Å². The quantitative estimate of drug-likeness (QED) is 0.273. The number of hydrogen-bond acceptors (Lipinski definition) is 8. The Morgan fingerprint density at radius 1 is 1.14 bits per heavy atom. The average Bonchev–Trinajstić information content (AvgIpc) is 2.90. The monoisotopic (exact) mass is 491 g/mol. The second kappa shape index (κ2) is 14.0. The lowest BCUT2D eigenvalue weighted by Gasteiger charge is -2.17. The van der Waals surface area contributed by atoms with Gasteiger partial charge in [0, 0.05) is 25.5 Å². The first-order valence-corrected chi connectivity index (χ1v) is 11.2. The molecule has 0 atom stereocenters. The van der Waals surface area contributed by atoms with Crippen molar-refractivity contribution in [2.45, 2.75) is 20.8 Å². The molecule has 2 heterocycles. The molecular weight excluding hydrogens is 461 g/mol. The van der Waals surface area contributed by atoms with E-state index < -0.39 is 5.82 Å². The Labute approximate surface area is 210 Å². The summed E-state index contributed by atoms with van der Waals surface area (Å²) in [7, 11) is 3.04. The van der Waals surface area contributed by atoms with Crippen molar-refractivity contribution in [2.24, 2.45) is 4.99 Å². The number of amides is 1. The normalized spacial score (nSPS) is 10.8. The number of rotatable bonds is 9. The first-order chi connectivity index (χ1) is 17.5. The highest BCUT2D eigenvalue weighted by molar-refractivity contribution is 6.00. The number of carbonyl (C=O) groups is 1. The molecule has 0 aliphatic carbocycles. The number of aromatic nitrogens is 3. The Bertz CT molecular complexity index is 1240. The Hall–Kier alpha value is -4.60. The van der Waals surface area contributed by atoms with Crippen LogP contribution in [0.15, 0.2) is 72.4 Å². The maximum Gasteiger partial charge on any atom is 0.254 e. The fourth-order valence-electron chi connectivity index (χ4n) is 3.07. The number of benzene rings is 1. The highest BCUT2D eigenvalue weighted by Gasteiger charge is 2.17. The molecule has 0 radical (unpaired) electrons. The highest BCUT2D eigenvalue weighted by atomic mass is 19.1. The number of anilines is 3. The van der Waals surface area contributed by atoms with Crippen LogP contribution in [0.2, 0.25) is 0 Å². The smallest absolute Gasteiger partial charge is 0.254 e. The lowest BCUT2D eigenvalue weighted by Crippen LogP contribution is -2.19. The first kappa shape index (κ1) is 27.6. The van der Waals surface area contributed by atoms with Crippen LogP contribution in [0.5, 0.6) is 5.75 Å². The number of aliphatic imine (C=N–C) groups is 1. The second-order valence-electron chi connectivity index (χ2n) is 6.73. The zero-order chi connectivity index (χ0) is 26.5. The summed E-state index contributed by atoms with van der Waals surface area (Å²) < 4.78 is 18.9. The maximum absolute atomic E-state index is 13.3. The number of hydrogen-bond donors (Lipinski definition) is 3. The number of para-hydroxylation sites is 1. The molecule has 0 spiro atoms. The number of nitrogens with zero attached hydrogens (tertiary/aromatic N) is 4. The molecular formula is C26H30FN7O2. The van der Waals surface area contributed by atoms with Crippen molar-refractivity contribution in [3.05, 3.63) is 78.8 Å². The Morgan fingerprint density at radius 2 is 1.86 bits per heavy atom. The van der Waals surface area contributed by atoms with Crippen LogP contribution in [-0.4, -0.2) is 41.2 Å². The van der Waals surface area contributed by atoms with Gasteiger partial charge in [0.25, 0.3) is 5.91 Å². The molecule has 3 rings (SSSR count). The predicted molar refractivity (Wildman–Crippen MR) is 142 cm³/mol. The van der Waals surface area contributed by atoms with Gasteiger partial charge in [0.2, 0.25) is 0 Å². The van der Waals surface area contributed by atoms with E-state index >= 15 is 0 Å². The van der Waals surface area contributed by atoms with Gasteiger partial charge in [-0.3, -0.25) is 4.79 Å². The van der Waals surface area contributed by atoms with Gasteiger partial charge in [-0.15, -0.1) is 0 Å². The van der Waals surface area contributed by atoms with Crippen molar-refractivity contribution in [3.63, 3.8) is 0 Å². The fourth-order valence-corrected chi connectivity index (χ4v) is 3.07. The number of ether oxygens (including phenoxy) is 1. The van der Waals surface area contributed by atoms with E-state index in [4.69, 9.17) is 4.74 Å². The summed E-state index contributed by atoms with van der Waals surface area (Å²) in [6, 6.07) is 6.98.